The van der Waals surface area contributed by atoms with Gasteiger partial charge < -0.3 is 10.8 Å². The Kier molecular flexibility index (Phi) is 4.23. The molecule has 3 nitrogen and oxygen atoms in total. The maximum absolute atomic E-state index is 12.7. The van der Waals surface area contributed by atoms with E-state index in [2.05, 4.69) is 0 Å². The Bertz CT molecular complexity index is 387. The highest BCUT2D eigenvalue weighted by Gasteiger charge is 2.31. The monoisotopic (exact) mass is 239 g/mol. The Morgan fingerprint density at radius 3 is 2.41 bits per heavy atom. The van der Waals surface area contributed by atoms with Crippen molar-refractivity contribution in [2.45, 2.75) is 32.7 Å². The highest BCUT2D eigenvalue weighted by atomic mass is 19.1. The van der Waals surface area contributed by atoms with Crippen LogP contribution in [0.2, 0.25) is 0 Å². The number of hydrogen-bond acceptors (Lipinski definition) is 2. The summed E-state index contributed by atoms with van der Waals surface area (Å²) in [7, 11) is 0. The van der Waals surface area contributed by atoms with Gasteiger partial charge in [0.25, 0.3) is 0 Å². The standard InChI is InChI=1S/C13H18FNO2/c1-13(2,11(15)12(16)17)8-7-9-3-5-10(14)6-4-9/h3-6,11H,7-8,15H2,1-2H3,(H,16,17)/t11-/m1/s1. The summed E-state index contributed by atoms with van der Waals surface area (Å²) in [6.45, 7) is 3.66. The fourth-order valence-electron chi connectivity index (χ4n) is 1.61. The van der Waals surface area contributed by atoms with Crippen molar-refractivity contribution in [1.29, 1.82) is 0 Å². The van der Waals surface area contributed by atoms with Crippen LogP contribution in [0.4, 0.5) is 4.39 Å². The number of hydrogen-bond donors (Lipinski definition) is 2. The predicted octanol–water partition coefficient (Wildman–Crippen LogP) is 2.20. The van der Waals surface area contributed by atoms with Crippen molar-refractivity contribution in [3.05, 3.63) is 35.6 Å². The van der Waals surface area contributed by atoms with Crippen molar-refractivity contribution in [1.82, 2.24) is 0 Å². The number of nitrogens with two attached hydrogens (primary N) is 1. The van der Waals surface area contributed by atoms with Crippen LogP contribution < -0.4 is 5.73 Å². The van der Waals surface area contributed by atoms with Crippen LogP contribution in [-0.2, 0) is 11.2 Å². The number of carbonyl (C=O) groups is 1. The first-order valence-corrected chi connectivity index (χ1v) is 5.56. The predicted molar refractivity (Wildman–Crippen MR) is 64.1 cm³/mol. The van der Waals surface area contributed by atoms with Gasteiger partial charge in [-0.1, -0.05) is 26.0 Å². The molecule has 94 valence electrons. The van der Waals surface area contributed by atoms with Crippen molar-refractivity contribution in [2.24, 2.45) is 11.1 Å². The lowest BCUT2D eigenvalue weighted by molar-refractivity contribution is -0.141. The Hall–Kier alpha value is -1.42. The van der Waals surface area contributed by atoms with Gasteiger partial charge in [0, 0.05) is 0 Å². The van der Waals surface area contributed by atoms with E-state index in [1.54, 1.807) is 12.1 Å². The van der Waals surface area contributed by atoms with Gasteiger partial charge in [-0.3, -0.25) is 4.79 Å². The van der Waals surface area contributed by atoms with Gasteiger partial charge in [-0.15, -0.1) is 0 Å². The van der Waals surface area contributed by atoms with Crippen molar-refractivity contribution in [3.8, 4) is 0 Å². The van der Waals surface area contributed by atoms with Gasteiger partial charge in [0.15, 0.2) is 0 Å². The number of rotatable bonds is 5. The maximum atomic E-state index is 12.7. The molecule has 0 radical (unpaired) electrons. The van der Waals surface area contributed by atoms with Crippen molar-refractivity contribution in [3.63, 3.8) is 0 Å². The zero-order valence-corrected chi connectivity index (χ0v) is 10.1. The van der Waals surface area contributed by atoms with Crippen LogP contribution in [0.25, 0.3) is 0 Å². The van der Waals surface area contributed by atoms with Gasteiger partial charge in [-0.05, 0) is 36.0 Å². The zero-order chi connectivity index (χ0) is 13.1. The first-order chi connectivity index (χ1) is 7.83. The SMILES string of the molecule is CC(C)(CCc1ccc(F)cc1)[C@H](N)C(=O)O. The normalized spacial score (nSPS) is 13.4. The summed E-state index contributed by atoms with van der Waals surface area (Å²) in [6.07, 6.45) is 1.33. The van der Waals surface area contributed by atoms with Crippen LogP contribution >= 0.6 is 0 Å². The van der Waals surface area contributed by atoms with Crippen LogP contribution in [0.15, 0.2) is 24.3 Å². The molecule has 0 amide bonds. The van der Waals surface area contributed by atoms with E-state index in [1.165, 1.54) is 12.1 Å². The minimum atomic E-state index is -0.992. The molecule has 1 atom stereocenters. The van der Waals surface area contributed by atoms with Gasteiger partial charge in [-0.25, -0.2) is 4.39 Å². The summed E-state index contributed by atoms with van der Waals surface area (Å²) in [6, 6.07) is 5.33. The van der Waals surface area contributed by atoms with Gasteiger partial charge >= 0.3 is 5.97 Å². The second kappa shape index (κ2) is 5.27. The summed E-state index contributed by atoms with van der Waals surface area (Å²) in [5.74, 6) is -1.26. The molecular weight excluding hydrogens is 221 g/mol. The average molecular weight is 239 g/mol. The molecule has 0 saturated carbocycles. The van der Waals surface area contributed by atoms with Gasteiger partial charge in [0.2, 0.25) is 0 Å². The molecule has 0 fully saturated rings. The molecule has 0 heterocycles. The summed E-state index contributed by atoms with van der Waals surface area (Å²) in [5.41, 5.74) is 6.12. The van der Waals surface area contributed by atoms with E-state index >= 15 is 0 Å². The number of aryl methyl sites for hydroxylation is 1. The van der Waals surface area contributed by atoms with E-state index in [4.69, 9.17) is 10.8 Å². The van der Waals surface area contributed by atoms with E-state index in [9.17, 15) is 9.18 Å². The van der Waals surface area contributed by atoms with Gasteiger partial charge in [0.1, 0.15) is 11.9 Å². The maximum Gasteiger partial charge on any atom is 0.321 e. The highest BCUT2D eigenvalue weighted by molar-refractivity contribution is 5.74. The first-order valence-electron chi connectivity index (χ1n) is 5.56. The number of aliphatic carboxylic acids is 1. The van der Waals surface area contributed by atoms with Crippen molar-refractivity contribution >= 4 is 5.97 Å². The molecule has 0 aliphatic rings. The first kappa shape index (κ1) is 13.6. The summed E-state index contributed by atoms with van der Waals surface area (Å²) in [5, 5.41) is 8.88. The van der Waals surface area contributed by atoms with E-state index in [0.717, 1.165) is 5.56 Å². The molecule has 0 unspecified atom stereocenters. The van der Waals surface area contributed by atoms with E-state index in [1.807, 2.05) is 13.8 Å². The van der Waals surface area contributed by atoms with Gasteiger partial charge in [0.05, 0.1) is 0 Å². The Morgan fingerprint density at radius 2 is 1.94 bits per heavy atom. The number of carboxylic acids is 1. The lowest BCUT2D eigenvalue weighted by Crippen LogP contribution is -2.44. The molecule has 17 heavy (non-hydrogen) atoms. The lowest BCUT2D eigenvalue weighted by Gasteiger charge is -2.28. The smallest absolute Gasteiger partial charge is 0.321 e. The van der Waals surface area contributed by atoms with E-state index < -0.39 is 17.4 Å². The second-order valence-electron chi connectivity index (χ2n) is 4.93. The number of halogens is 1. The quantitative estimate of drug-likeness (QED) is 0.828. The molecule has 0 aromatic heterocycles. The van der Waals surface area contributed by atoms with Crippen molar-refractivity contribution in [2.75, 3.05) is 0 Å². The van der Waals surface area contributed by atoms with E-state index in [0.29, 0.717) is 12.8 Å². The van der Waals surface area contributed by atoms with Crippen LogP contribution in [0.5, 0.6) is 0 Å². The number of carboxylic acid groups (broad SMARTS) is 1. The van der Waals surface area contributed by atoms with Crippen molar-refractivity contribution < 1.29 is 14.3 Å². The molecule has 0 bridgehead atoms. The molecule has 0 spiro atoms. The van der Waals surface area contributed by atoms with Crippen LogP contribution in [0.3, 0.4) is 0 Å². The minimum Gasteiger partial charge on any atom is -0.480 e. The molecule has 1 rings (SSSR count). The molecule has 3 N–H and O–H groups in total. The molecule has 0 aliphatic carbocycles. The molecule has 0 aliphatic heterocycles. The Balaban J connectivity index is 2.60. The highest BCUT2D eigenvalue weighted by Crippen LogP contribution is 2.26. The fraction of sp³-hybridized carbons (Fsp3) is 0.462. The Labute approximate surface area is 100 Å². The van der Waals surface area contributed by atoms with E-state index in [-0.39, 0.29) is 5.82 Å². The fourth-order valence-corrected chi connectivity index (χ4v) is 1.61. The largest absolute Gasteiger partial charge is 0.480 e. The van der Waals surface area contributed by atoms with Crippen LogP contribution in [-0.4, -0.2) is 17.1 Å². The Morgan fingerprint density at radius 1 is 1.41 bits per heavy atom. The topological polar surface area (TPSA) is 63.3 Å². The molecule has 0 saturated heterocycles. The minimum absolute atomic E-state index is 0.268. The molecular formula is C13H18FNO2. The average Bonchev–Trinajstić information content (AvgIpc) is 2.27. The lowest BCUT2D eigenvalue weighted by atomic mass is 9.79. The molecule has 1 aromatic carbocycles. The summed E-state index contributed by atoms with van der Waals surface area (Å²) >= 11 is 0. The van der Waals surface area contributed by atoms with Gasteiger partial charge in [-0.2, -0.15) is 0 Å². The third-order valence-electron chi connectivity index (χ3n) is 3.08. The van der Waals surface area contributed by atoms with Crippen LogP contribution in [0, 0.1) is 11.2 Å². The zero-order valence-electron chi connectivity index (χ0n) is 10.1. The third-order valence-corrected chi connectivity index (χ3v) is 3.08. The molecule has 1 aromatic rings. The summed E-state index contributed by atoms with van der Waals surface area (Å²) < 4.78 is 12.7. The summed E-state index contributed by atoms with van der Waals surface area (Å²) in [4.78, 5) is 10.8. The van der Waals surface area contributed by atoms with Crippen LogP contribution in [0.1, 0.15) is 25.8 Å². The second-order valence-corrected chi connectivity index (χ2v) is 4.93. The molecule has 4 heteroatoms. The third kappa shape index (κ3) is 3.82. The number of benzene rings is 1.